The van der Waals surface area contributed by atoms with E-state index in [4.69, 9.17) is 28.6 Å². The van der Waals surface area contributed by atoms with Gasteiger partial charge in [0.15, 0.2) is 9.84 Å². The van der Waals surface area contributed by atoms with Crippen LogP contribution in [0.1, 0.15) is 17.5 Å². The van der Waals surface area contributed by atoms with Crippen LogP contribution < -0.4 is 10.3 Å². The number of para-hydroxylation sites is 1. The molecule has 12 heteroatoms. The van der Waals surface area contributed by atoms with Gasteiger partial charge in [0.2, 0.25) is 5.88 Å². The van der Waals surface area contributed by atoms with Crippen molar-refractivity contribution in [3.63, 3.8) is 0 Å². The molecule has 0 aliphatic carbocycles. The Balaban J connectivity index is 1.62. The van der Waals surface area contributed by atoms with Gasteiger partial charge in [0.05, 0.1) is 27.5 Å². The normalized spacial score (nSPS) is 20.8. The van der Waals surface area contributed by atoms with Gasteiger partial charge in [0.25, 0.3) is 11.5 Å². The molecule has 2 aliphatic rings. The number of amides is 1. The summed E-state index contributed by atoms with van der Waals surface area (Å²) in [4.78, 5) is 32.8. The number of sulfone groups is 1. The summed E-state index contributed by atoms with van der Waals surface area (Å²) in [5.74, 6) is -0.269. The topological polar surface area (TPSA) is 98.1 Å². The van der Waals surface area contributed by atoms with E-state index >= 15 is 0 Å². The first-order valence-corrected chi connectivity index (χ1v) is 14.0. The third-order valence-electron chi connectivity index (χ3n) is 5.77. The quantitative estimate of drug-likeness (QED) is 0.359. The maximum atomic E-state index is 13.5. The molecule has 0 spiro atoms. The Hall–Kier alpha value is -2.73. The Morgan fingerprint density at radius 2 is 2.00 bits per heavy atom. The van der Waals surface area contributed by atoms with Gasteiger partial charge in [0.1, 0.15) is 21.3 Å². The fraction of sp³-hybridized carbons (Fsp3) is 0.217. The Morgan fingerprint density at radius 3 is 2.71 bits per heavy atom. The van der Waals surface area contributed by atoms with Crippen molar-refractivity contribution in [1.82, 2.24) is 14.3 Å². The fourth-order valence-corrected chi connectivity index (χ4v) is 7.29. The minimum Gasteiger partial charge on any atom is -0.437 e. The number of carbonyl (C=O) groups is 1. The molecular formula is C23H18ClN3O5S3. The van der Waals surface area contributed by atoms with Crippen molar-refractivity contribution >= 4 is 67.4 Å². The number of rotatable bonds is 4. The van der Waals surface area contributed by atoms with Crippen molar-refractivity contribution in [2.75, 3.05) is 11.5 Å². The van der Waals surface area contributed by atoms with E-state index in [0.717, 1.165) is 17.3 Å². The SMILES string of the molecule is Cc1cccn2c(=O)c(/C=C3/SC(=S)N(C4CCS(=O)(=O)C4)C3=O)c(Oc3ccccc3Cl)nc12. The number of aromatic nitrogens is 2. The number of carbonyl (C=O) groups excluding carboxylic acids is 1. The highest BCUT2D eigenvalue weighted by atomic mass is 35.5. The molecule has 0 radical (unpaired) electrons. The van der Waals surface area contributed by atoms with Crippen molar-refractivity contribution in [3.05, 3.63) is 74.0 Å². The van der Waals surface area contributed by atoms with Crippen LogP contribution in [0, 0.1) is 6.92 Å². The monoisotopic (exact) mass is 547 g/mol. The zero-order valence-electron chi connectivity index (χ0n) is 18.3. The number of aryl methyl sites for hydroxylation is 1. The number of hydrogen-bond donors (Lipinski definition) is 0. The van der Waals surface area contributed by atoms with Crippen LogP contribution in [0.3, 0.4) is 0 Å². The van der Waals surface area contributed by atoms with Crippen LogP contribution in [0.5, 0.6) is 11.6 Å². The maximum absolute atomic E-state index is 13.5. The molecule has 2 saturated heterocycles. The molecule has 0 N–H and O–H groups in total. The van der Waals surface area contributed by atoms with Crippen LogP contribution in [0.2, 0.25) is 5.02 Å². The molecule has 180 valence electrons. The number of pyridine rings is 1. The number of nitrogens with zero attached hydrogens (tertiary/aromatic N) is 3. The zero-order valence-corrected chi connectivity index (χ0v) is 21.5. The number of hydrogen-bond acceptors (Lipinski definition) is 8. The van der Waals surface area contributed by atoms with Crippen molar-refractivity contribution < 1.29 is 17.9 Å². The lowest BCUT2D eigenvalue weighted by Crippen LogP contribution is -2.39. The Labute approximate surface area is 215 Å². The van der Waals surface area contributed by atoms with Gasteiger partial charge in [0, 0.05) is 6.20 Å². The van der Waals surface area contributed by atoms with Crippen molar-refractivity contribution in [3.8, 4) is 11.6 Å². The standard InChI is InChI=1S/C23H18ClN3O5S3/c1-13-5-4-9-26-19(13)25-20(32-17-7-3-2-6-16(17)24)15(21(26)28)11-18-22(29)27(23(33)34-18)14-8-10-35(30,31)12-14/h2-7,9,11,14H,8,10,12H2,1H3/b18-11+. The number of benzene rings is 1. The molecule has 1 unspecified atom stereocenters. The average molecular weight is 548 g/mol. The second-order valence-electron chi connectivity index (χ2n) is 8.16. The van der Waals surface area contributed by atoms with Gasteiger partial charge < -0.3 is 4.74 Å². The molecule has 8 nitrogen and oxygen atoms in total. The molecule has 4 heterocycles. The van der Waals surface area contributed by atoms with E-state index in [1.807, 2.05) is 13.0 Å². The van der Waals surface area contributed by atoms with E-state index < -0.39 is 27.3 Å². The first-order chi connectivity index (χ1) is 16.6. The summed E-state index contributed by atoms with van der Waals surface area (Å²) in [7, 11) is -3.21. The minimum absolute atomic E-state index is 0.00823. The lowest BCUT2D eigenvalue weighted by atomic mass is 10.2. The van der Waals surface area contributed by atoms with Crippen LogP contribution in [0.15, 0.2) is 52.3 Å². The molecule has 35 heavy (non-hydrogen) atoms. The highest BCUT2D eigenvalue weighted by Crippen LogP contribution is 2.37. The maximum Gasteiger partial charge on any atom is 0.269 e. The van der Waals surface area contributed by atoms with Crippen molar-refractivity contribution in [1.29, 1.82) is 0 Å². The van der Waals surface area contributed by atoms with Crippen molar-refractivity contribution in [2.45, 2.75) is 19.4 Å². The number of fused-ring (bicyclic) bond motifs is 1. The number of thioether (sulfide) groups is 1. The molecule has 5 rings (SSSR count). The molecule has 0 saturated carbocycles. The predicted molar refractivity (Wildman–Crippen MR) is 140 cm³/mol. The van der Waals surface area contributed by atoms with E-state index in [9.17, 15) is 18.0 Å². The summed E-state index contributed by atoms with van der Waals surface area (Å²) in [5, 5.41) is 0.332. The van der Waals surface area contributed by atoms with Gasteiger partial charge in [-0.25, -0.2) is 8.42 Å². The second-order valence-corrected chi connectivity index (χ2v) is 12.5. The van der Waals surface area contributed by atoms with Gasteiger partial charge >= 0.3 is 0 Å². The molecule has 3 aromatic rings. The molecule has 2 aliphatic heterocycles. The lowest BCUT2D eigenvalue weighted by molar-refractivity contribution is -0.123. The average Bonchev–Trinajstić information content (AvgIpc) is 3.30. The molecule has 1 aromatic carbocycles. The van der Waals surface area contributed by atoms with E-state index in [1.165, 1.54) is 15.4 Å². The largest absolute Gasteiger partial charge is 0.437 e. The van der Waals surface area contributed by atoms with E-state index in [0.29, 0.717) is 22.8 Å². The third-order valence-corrected chi connectivity index (χ3v) is 9.16. The predicted octanol–water partition coefficient (Wildman–Crippen LogP) is 3.84. The Kier molecular flexibility index (Phi) is 6.20. The summed E-state index contributed by atoms with van der Waals surface area (Å²) in [6, 6.07) is 9.81. The third kappa shape index (κ3) is 4.49. The number of thiocarbonyl (C=S) groups is 1. The molecule has 1 amide bonds. The molecule has 0 bridgehead atoms. The summed E-state index contributed by atoms with van der Waals surface area (Å²) >= 11 is 12.7. The second kappa shape index (κ2) is 9.05. The zero-order chi connectivity index (χ0) is 24.9. The van der Waals surface area contributed by atoms with Crippen LogP contribution in [-0.4, -0.2) is 50.5 Å². The molecular weight excluding hydrogens is 530 g/mol. The number of halogens is 1. The van der Waals surface area contributed by atoms with E-state index in [-0.39, 0.29) is 32.2 Å². The van der Waals surface area contributed by atoms with Crippen LogP contribution in [-0.2, 0) is 14.6 Å². The smallest absolute Gasteiger partial charge is 0.269 e. The fourth-order valence-electron chi connectivity index (χ4n) is 4.03. The molecule has 2 fully saturated rings. The van der Waals surface area contributed by atoms with E-state index in [1.54, 1.807) is 36.5 Å². The van der Waals surface area contributed by atoms with Crippen LogP contribution in [0.4, 0.5) is 0 Å². The highest BCUT2D eigenvalue weighted by molar-refractivity contribution is 8.26. The molecule has 2 aromatic heterocycles. The summed E-state index contributed by atoms with van der Waals surface area (Å²) in [6.07, 6.45) is 3.31. The summed E-state index contributed by atoms with van der Waals surface area (Å²) < 4.78 is 31.5. The summed E-state index contributed by atoms with van der Waals surface area (Å²) in [5.41, 5.74) is 0.774. The Bertz CT molecular complexity index is 1600. The highest BCUT2D eigenvalue weighted by Gasteiger charge is 2.42. The first kappa shape index (κ1) is 24.0. The van der Waals surface area contributed by atoms with Gasteiger partial charge in [-0.15, -0.1) is 0 Å². The van der Waals surface area contributed by atoms with Gasteiger partial charge in [-0.05, 0) is 43.2 Å². The first-order valence-electron chi connectivity index (χ1n) is 10.6. The summed E-state index contributed by atoms with van der Waals surface area (Å²) in [6.45, 7) is 1.82. The van der Waals surface area contributed by atoms with Gasteiger partial charge in [-0.2, -0.15) is 4.98 Å². The van der Waals surface area contributed by atoms with Gasteiger partial charge in [-0.1, -0.05) is 53.8 Å². The van der Waals surface area contributed by atoms with Crippen LogP contribution >= 0.6 is 35.6 Å². The number of ether oxygens (including phenoxy) is 1. The minimum atomic E-state index is -3.21. The van der Waals surface area contributed by atoms with Gasteiger partial charge in [-0.3, -0.25) is 18.9 Å². The lowest BCUT2D eigenvalue weighted by Gasteiger charge is -2.20. The van der Waals surface area contributed by atoms with E-state index in [2.05, 4.69) is 4.98 Å². The van der Waals surface area contributed by atoms with Crippen molar-refractivity contribution in [2.24, 2.45) is 0 Å². The Morgan fingerprint density at radius 1 is 1.23 bits per heavy atom. The molecule has 1 atom stereocenters. The van der Waals surface area contributed by atoms with Crippen LogP contribution in [0.25, 0.3) is 11.7 Å².